The summed E-state index contributed by atoms with van der Waals surface area (Å²) < 4.78 is 6.37. The molecule has 2 aromatic carbocycles. The van der Waals surface area contributed by atoms with Crippen LogP contribution in [-0.2, 0) is 13.1 Å². The number of hydrogen-bond acceptors (Lipinski definition) is 4. The molecule has 0 saturated carbocycles. The molecule has 3 nitrogen and oxygen atoms in total. The van der Waals surface area contributed by atoms with Crippen LogP contribution in [0.25, 0.3) is 0 Å². The first-order chi connectivity index (χ1) is 12.2. The largest absolute Gasteiger partial charge is 0.508 e. The Kier molecular flexibility index (Phi) is 4.47. The molecule has 3 aromatic rings. The van der Waals surface area contributed by atoms with Crippen molar-refractivity contribution >= 4 is 11.3 Å². The van der Waals surface area contributed by atoms with Gasteiger partial charge in [-0.25, -0.2) is 0 Å². The summed E-state index contributed by atoms with van der Waals surface area (Å²) in [7, 11) is 0. The van der Waals surface area contributed by atoms with Gasteiger partial charge < -0.3 is 9.84 Å². The van der Waals surface area contributed by atoms with E-state index in [0.717, 1.165) is 25.4 Å². The Balaban J connectivity index is 1.64. The summed E-state index contributed by atoms with van der Waals surface area (Å²) in [6.45, 7) is 4.65. The van der Waals surface area contributed by atoms with Crippen molar-refractivity contribution in [1.82, 2.24) is 4.90 Å². The highest BCUT2D eigenvalue weighted by molar-refractivity contribution is 7.07. The summed E-state index contributed by atoms with van der Waals surface area (Å²) in [5.74, 6) is 1.29. The molecule has 2 heterocycles. The third-order valence-electron chi connectivity index (χ3n) is 4.56. The number of rotatable bonds is 3. The summed E-state index contributed by atoms with van der Waals surface area (Å²) >= 11 is 1.70. The van der Waals surface area contributed by atoms with E-state index in [4.69, 9.17) is 4.74 Å². The molecule has 1 aliphatic heterocycles. The molecule has 4 heteroatoms. The number of fused-ring (bicyclic) bond motifs is 1. The topological polar surface area (TPSA) is 32.7 Å². The van der Waals surface area contributed by atoms with Crippen LogP contribution >= 0.6 is 11.3 Å². The van der Waals surface area contributed by atoms with Gasteiger partial charge in [0.05, 0.1) is 0 Å². The van der Waals surface area contributed by atoms with Gasteiger partial charge in [0.1, 0.15) is 17.6 Å². The molecule has 1 aliphatic rings. The second kappa shape index (κ2) is 6.90. The number of ether oxygens (including phenoxy) is 1. The lowest BCUT2D eigenvalue weighted by Crippen LogP contribution is -2.27. The molecule has 0 bridgehead atoms. The number of phenolic OH excluding ortho intramolecular Hbond substituents is 1. The molecule has 0 saturated heterocycles. The van der Waals surface area contributed by atoms with Gasteiger partial charge in [0.2, 0.25) is 0 Å². The Hall–Kier alpha value is -2.30. The van der Waals surface area contributed by atoms with Gasteiger partial charge in [0.15, 0.2) is 0 Å². The van der Waals surface area contributed by atoms with Crippen LogP contribution < -0.4 is 4.74 Å². The van der Waals surface area contributed by atoms with Crippen LogP contribution in [0.2, 0.25) is 0 Å². The summed E-state index contributed by atoms with van der Waals surface area (Å²) in [6.07, 6.45) is 0.0346. The van der Waals surface area contributed by atoms with Crippen molar-refractivity contribution in [3.63, 3.8) is 0 Å². The Morgan fingerprint density at radius 3 is 2.76 bits per heavy atom. The number of aryl methyl sites for hydroxylation is 1. The Bertz CT molecular complexity index is 843. The van der Waals surface area contributed by atoms with Crippen molar-refractivity contribution in [1.29, 1.82) is 0 Å². The smallest absolute Gasteiger partial charge is 0.137 e. The highest BCUT2D eigenvalue weighted by Gasteiger charge is 2.24. The zero-order valence-corrected chi connectivity index (χ0v) is 15.0. The van der Waals surface area contributed by atoms with Gasteiger partial charge >= 0.3 is 0 Å². The van der Waals surface area contributed by atoms with Crippen LogP contribution in [0.1, 0.15) is 28.4 Å². The lowest BCUT2D eigenvalue weighted by molar-refractivity contribution is 0.144. The van der Waals surface area contributed by atoms with Crippen molar-refractivity contribution in [2.24, 2.45) is 0 Å². The van der Waals surface area contributed by atoms with E-state index >= 15 is 0 Å². The molecule has 0 amide bonds. The van der Waals surface area contributed by atoms with Crippen molar-refractivity contribution in [2.45, 2.75) is 26.1 Å². The minimum absolute atomic E-state index is 0.0346. The van der Waals surface area contributed by atoms with Gasteiger partial charge in [0, 0.05) is 30.8 Å². The molecule has 1 aromatic heterocycles. The van der Waals surface area contributed by atoms with E-state index in [0.29, 0.717) is 5.75 Å². The molecule has 0 radical (unpaired) electrons. The number of phenols is 1. The van der Waals surface area contributed by atoms with E-state index in [1.165, 1.54) is 22.3 Å². The quantitative estimate of drug-likeness (QED) is 0.729. The molecule has 128 valence electrons. The molecule has 4 rings (SSSR count). The number of thiophene rings is 1. The first kappa shape index (κ1) is 16.2. The average molecular weight is 351 g/mol. The van der Waals surface area contributed by atoms with E-state index < -0.39 is 0 Å². The molecule has 1 atom stereocenters. The number of aromatic hydroxyl groups is 1. The van der Waals surface area contributed by atoms with Gasteiger partial charge in [-0.2, -0.15) is 11.3 Å². The fourth-order valence-corrected chi connectivity index (χ4v) is 3.99. The zero-order chi connectivity index (χ0) is 17.2. The van der Waals surface area contributed by atoms with Crippen LogP contribution in [0, 0.1) is 6.92 Å². The predicted molar refractivity (Wildman–Crippen MR) is 101 cm³/mol. The maximum atomic E-state index is 9.50. The van der Waals surface area contributed by atoms with Gasteiger partial charge in [-0.1, -0.05) is 29.8 Å². The van der Waals surface area contributed by atoms with Gasteiger partial charge in [-0.3, -0.25) is 4.90 Å². The zero-order valence-electron chi connectivity index (χ0n) is 14.2. The molecular formula is C21H21NO2S. The van der Waals surface area contributed by atoms with E-state index in [2.05, 4.69) is 46.8 Å². The molecule has 0 aliphatic carbocycles. The van der Waals surface area contributed by atoms with Crippen molar-refractivity contribution in [3.05, 3.63) is 81.5 Å². The number of nitrogens with zero attached hydrogens (tertiary/aromatic N) is 1. The normalized spacial score (nSPS) is 17.6. The average Bonchev–Trinajstić information content (AvgIpc) is 3.07. The fourth-order valence-electron chi connectivity index (χ4n) is 3.29. The second-order valence-corrected chi connectivity index (χ2v) is 7.39. The van der Waals surface area contributed by atoms with Crippen molar-refractivity contribution in [3.8, 4) is 11.5 Å². The summed E-state index contributed by atoms with van der Waals surface area (Å²) in [5.41, 5.74) is 4.91. The third-order valence-corrected chi connectivity index (χ3v) is 5.26. The molecule has 0 spiro atoms. The number of benzene rings is 2. The minimum Gasteiger partial charge on any atom is -0.508 e. The lowest BCUT2D eigenvalue weighted by atomic mass is 10.1. The van der Waals surface area contributed by atoms with Crippen LogP contribution in [-0.4, -0.2) is 16.6 Å². The van der Waals surface area contributed by atoms with Crippen LogP contribution in [0.15, 0.2) is 59.3 Å². The lowest BCUT2D eigenvalue weighted by Gasteiger charge is -2.23. The predicted octanol–water partition coefficient (Wildman–Crippen LogP) is 4.90. The summed E-state index contributed by atoms with van der Waals surface area (Å²) in [4.78, 5) is 2.42. The van der Waals surface area contributed by atoms with Gasteiger partial charge in [-0.15, -0.1) is 0 Å². The fraction of sp³-hybridized carbons (Fsp3) is 0.238. The van der Waals surface area contributed by atoms with E-state index in [-0.39, 0.29) is 6.10 Å². The molecule has 1 unspecified atom stereocenters. The van der Waals surface area contributed by atoms with E-state index in [1.54, 1.807) is 23.5 Å². The van der Waals surface area contributed by atoms with E-state index in [1.807, 2.05) is 12.1 Å². The SMILES string of the molecule is Cc1ccc2c(c1)CN(Cc1ccc(O)cc1)CC(c1ccsc1)O2. The van der Waals surface area contributed by atoms with Crippen molar-refractivity contribution < 1.29 is 9.84 Å². The van der Waals surface area contributed by atoms with Crippen LogP contribution in [0.4, 0.5) is 0 Å². The first-order valence-electron chi connectivity index (χ1n) is 8.46. The molecule has 25 heavy (non-hydrogen) atoms. The maximum Gasteiger partial charge on any atom is 0.137 e. The van der Waals surface area contributed by atoms with Crippen LogP contribution in [0.3, 0.4) is 0 Å². The highest BCUT2D eigenvalue weighted by atomic mass is 32.1. The standard InChI is InChI=1S/C21H21NO2S/c1-15-2-7-20-18(10-15)12-22(11-16-3-5-19(23)6-4-16)13-21(24-20)17-8-9-25-14-17/h2-10,14,21,23H,11-13H2,1H3. The first-order valence-corrected chi connectivity index (χ1v) is 9.40. The monoisotopic (exact) mass is 351 g/mol. The number of hydrogen-bond donors (Lipinski definition) is 1. The molecular weight excluding hydrogens is 330 g/mol. The van der Waals surface area contributed by atoms with Gasteiger partial charge in [-0.05, 0) is 47.5 Å². The van der Waals surface area contributed by atoms with Crippen LogP contribution in [0.5, 0.6) is 11.5 Å². The van der Waals surface area contributed by atoms with E-state index in [9.17, 15) is 5.11 Å². The highest BCUT2D eigenvalue weighted by Crippen LogP contribution is 2.33. The molecule has 1 N–H and O–H groups in total. The Labute approximate surface area is 152 Å². The van der Waals surface area contributed by atoms with Gasteiger partial charge in [0.25, 0.3) is 0 Å². The summed E-state index contributed by atoms with van der Waals surface area (Å²) in [6, 6.07) is 16.0. The van der Waals surface area contributed by atoms with Crippen molar-refractivity contribution in [2.75, 3.05) is 6.54 Å². The maximum absolute atomic E-state index is 9.50. The summed E-state index contributed by atoms with van der Waals surface area (Å²) in [5, 5.41) is 13.8. The minimum atomic E-state index is 0.0346. The third kappa shape index (κ3) is 3.70. The second-order valence-electron chi connectivity index (χ2n) is 6.61. The Morgan fingerprint density at radius 1 is 1.16 bits per heavy atom. The Morgan fingerprint density at radius 2 is 2.00 bits per heavy atom. The molecule has 0 fully saturated rings.